The molecule has 0 aliphatic carbocycles. The van der Waals surface area contributed by atoms with Gasteiger partial charge in [-0.05, 0) is 54.8 Å². The molecule has 0 fully saturated rings. The van der Waals surface area contributed by atoms with Gasteiger partial charge in [-0.2, -0.15) is 0 Å². The first-order valence-corrected chi connectivity index (χ1v) is 9.53. The van der Waals surface area contributed by atoms with Crippen molar-refractivity contribution in [3.05, 3.63) is 74.6 Å². The Balaban J connectivity index is 1.68. The van der Waals surface area contributed by atoms with Crippen LogP contribution in [0.3, 0.4) is 0 Å². The van der Waals surface area contributed by atoms with Gasteiger partial charge in [-0.3, -0.25) is 10.1 Å². The maximum Gasteiger partial charge on any atom is 0.250 e. The number of anilines is 1. The minimum Gasteiger partial charge on any atom is -0.298 e. The van der Waals surface area contributed by atoms with E-state index in [2.05, 4.69) is 36.3 Å². The van der Waals surface area contributed by atoms with Crippen molar-refractivity contribution >= 4 is 51.7 Å². The molecule has 3 rings (SSSR count). The van der Waals surface area contributed by atoms with Gasteiger partial charge in [-0.15, -0.1) is 11.3 Å². The number of rotatable bonds is 4. The number of aryl methyl sites for hydroxylation is 2. The standard InChI is InChI=1S/C20H16Cl2N2OS/c1-12-3-6-15(9-13(12)2)18-11-26-20(23-18)24-19(25)8-5-14-4-7-16(21)17(22)10-14/h3-11H,1-2H3,(H,23,24,25)/b8-5+. The molecule has 1 aromatic heterocycles. The minimum atomic E-state index is -0.253. The number of nitrogens with one attached hydrogen (secondary N) is 1. The molecular formula is C20H16Cl2N2OS. The van der Waals surface area contributed by atoms with Crippen LogP contribution in [0.15, 0.2) is 47.9 Å². The molecule has 132 valence electrons. The Hall–Kier alpha value is -2.14. The topological polar surface area (TPSA) is 42.0 Å². The average molecular weight is 403 g/mol. The van der Waals surface area contributed by atoms with Crippen molar-refractivity contribution in [2.24, 2.45) is 0 Å². The van der Waals surface area contributed by atoms with Gasteiger partial charge < -0.3 is 0 Å². The van der Waals surface area contributed by atoms with Crippen LogP contribution < -0.4 is 5.32 Å². The maximum absolute atomic E-state index is 12.1. The lowest BCUT2D eigenvalue weighted by Gasteiger charge is -2.02. The molecule has 0 spiro atoms. The quantitative estimate of drug-likeness (QED) is 0.513. The number of aromatic nitrogens is 1. The summed E-state index contributed by atoms with van der Waals surface area (Å²) in [6.07, 6.45) is 3.12. The first-order valence-electron chi connectivity index (χ1n) is 7.89. The Kier molecular flexibility index (Phi) is 5.77. The summed E-state index contributed by atoms with van der Waals surface area (Å²) in [6.45, 7) is 4.15. The molecule has 1 heterocycles. The molecular weight excluding hydrogens is 387 g/mol. The van der Waals surface area contributed by atoms with Crippen molar-refractivity contribution in [1.29, 1.82) is 0 Å². The van der Waals surface area contributed by atoms with E-state index >= 15 is 0 Å². The third kappa shape index (κ3) is 4.52. The van der Waals surface area contributed by atoms with Gasteiger partial charge in [0.05, 0.1) is 15.7 Å². The van der Waals surface area contributed by atoms with Crippen LogP contribution in [-0.2, 0) is 4.79 Å². The molecule has 1 N–H and O–H groups in total. The zero-order chi connectivity index (χ0) is 18.7. The van der Waals surface area contributed by atoms with Crippen molar-refractivity contribution in [1.82, 2.24) is 4.98 Å². The molecule has 0 radical (unpaired) electrons. The zero-order valence-corrected chi connectivity index (χ0v) is 16.5. The van der Waals surface area contributed by atoms with Gasteiger partial charge in [0, 0.05) is 17.0 Å². The summed E-state index contributed by atoms with van der Waals surface area (Å²) in [4.78, 5) is 16.6. The van der Waals surface area contributed by atoms with Gasteiger partial charge in [-0.25, -0.2) is 4.98 Å². The molecule has 6 heteroatoms. The lowest BCUT2D eigenvalue weighted by atomic mass is 10.1. The number of nitrogens with zero attached hydrogens (tertiary/aromatic N) is 1. The Morgan fingerprint density at radius 1 is 1.08 bits per heavy atom. The van der Waals surface area contributed by atoms with Crippen LogP contribution in [0.4, 0.5) is 5.13 Å². The number of benzene rings is 2. The molecule has 26 heavy (non-hydrogen) atoms. The van der Waals surface area contributed by atoms with E-state index in [-0.39, 0.29) is 5.91 Å². The monoisotopic (exact) mass is 402 g/mol. The number of hydrogen-bond donors (Lipinski definition) is 1. The summed E-state index contributed by atoms with van der Waals surface area (Å²) < 4.78 is 0. The van der Waals surface area contributed by atoms with Crippen LogP contribution in [0.1, 0.15) is 16.7 Å². The first-order chi connectivity index (χ1) is 12.4. The van der Waals surface area contributed by atoms with E-state index in [9.17, 15) is 4.79 Å². The molecule has 2 aromatic carbocycles. The average Bonchev–Trinajstić information content (AvgIpc) is 3.07. The Morgan fingerprint density at radius 2 is 1.88 bits per heavy atom. The Labute approximate surface area is 166 Å². The van der Waals surface area contributed by atoms with E-state index in [1.54, 1.807) is 24.3 Å². The van der Waals surface area contributed by atoms with Crippen LogP contribution in [0.25, 0.3) is 17.3 Å². The Bertz CT molecular complexity index is 995. The minimum absolute atomic E-state index is 0.253. The largest absolute Gasteiger partial charge is 0.298 e. The highest BCUT2D eigenvalue weighted by Gasteiger charge is 2.07. The van der Waals surface area contributed by atoms with Gasteiger partial charge >= 0.3 is 0 Å². The fraction of sp³-hybridized carbons (Fsp3) is 0.100. The Morgan fingerprint density at radius 3 is 2.62 bits per heavy atom. The number of carbonyl (C=O) groups excluding carboxylic acids is 1. The van der Waals surface area contributed by atoms with Crippen molar-refractivity contribution in [3.63, 3.8) is 0 Å². The predicted octanol–water partition coefficient (Wildman–Crippen LogP) is 6.39. The second-order valence-corrected chi connectivity index (χ2v) is 7.51. The van der Waals surface area contributed by atoms with Crippen LogP contribution >= 0.6 is 34.5 Å². The van der Waals surface area contributed by atoms with Gasteiger partial charge in [-0.1, -0.05) is 41.4 Å². The zero-order valence-electron chi connectivity index (χ0n) is 14.2. The van der Waals surface area contributed by atoms with Crippen LogP contribution in [0, 0.1) is 13.8 Å². The number of carbonyl (C=O) groups is 1. The number of halogens is 2. The first kappa shape index (κ1) is 18.6. The highest BCUT2D eigenvalue weighted by molar-refractivity contribution is 7.14. The van der Waals surface area contributed by atoms with Crippen LogP contribution in [-0.4, -0.2) is 10.9 Å². The third-order valence-corrected chi connectivity index (χ3v) is 5.40. The van der Waals surface area contributed by atoms with E-state index in [1.807, 2.05) is 11.4 Å². The number of thiazole rings is 1. The normalized spacial score (nSPS) is 11.1. The lowest BCUT2D eigenvalue weighted by molar-refractivity contribution is -0.111. The molecule has 0 saturated heterocycles. The van der Waals surface area contributed by atoms with Crippen molar-refractivity contribution < 1.29 is 4.79 Å². The molecule has 0 aliphatic rings. The fourth-order valence-electron chi connectivity index (χ4n) is 2.30. The SMILES string of the molecule is Cc1ccc(-c2csc(NC(=O)/C=C/c3ccc(Cl)c(Cl)c3)n2)cc1C. The highest BCUT2D eigenvalue weighted by atomic mass is 35.5. The van der Waals surface area contributed by atoms with E-state index < -0.39 is 0 Å². The van der Waals surface area contributed by atoms with E-state index in [4.69, 9.17) is 23.2 Å². The van der Waals surface area contributed by atoms with Gasteiger partial charge in [0.15, 0.2) is 5.13 Å². The van der Waals surface area contributed by atoms with Gasteiger partial charge in [0.25, 0.3) is 0 Å². The smallest absolute Gasteiger partial charge is 0.250 e. The molecule has 0 unspecified atom stereocenters. The summed E-state index contributed by atoms with van der Waals surface area (Å²) in [5, 5.41) is 6.20. The van der Waals surface area contributed by atoms with Gasteiger partial charge in [0.2, 0.25) is 5.91 Å². The van der Waals surface area contributed by atoms with E-state index in [0.717, 1.165) is 16.8 Å². The highest BCUT2D eigenvalue weighted by Crippen LogP contribution is 2.26. The summed E-state index contributed by atoms with van der Waals surface area (Å²) in [6, 6.07) is 11.4. The summed E-state index contributed by atoms with van der Waals surface area (Å²) in [7, 11) is 0. The second-order valence-electron chi connectivity index (χ2n) is 5.83. The molecule has 0 saturated carbocycles. The van der Waals surface area contributed by atoms with E-state index in [1.165, 1.54) is 28.5 Å². The molecule has 3 nitrogen and oxygen atoms in total. The van der Waals surface area contributed by atoms with Crippen LogP contribution in [0.2, 0.25) is 10.0 Å². The van der Waals surface area contributed by atoms with Crippen molar-refractivity contribution in [2.75, 3.05) is 5.32 Å². The molecule has 0 atom stereocenters. The fourth-order valence-corrected chi connectivity index (χ4v) is 3.33. The predicted molar refractivity (Wildman–Crippen MR) is 111 cm³/mol. The number of hydrogen-bond acceptors (Lipinski definition) is 3. The lowest BCUT2D eigenvalue weighted by Crippen LogP contribution is -2.07. The van der Waals surface area contributed by atoms with Crippen molar-refractivity contribution in [3.8, 4) is 11.3 Å². The molecule has 0 bridgehead atoms. The molecule has 0 aliphatic heterocycles. The second kappa shape index (κ2) is 8.04. The molecule has 1 amide bonds. The van der Waals surface area contributed by atoms with Crippen LogP contribution in [0.5, 0.6) is 0 Å². The summed E-state index contributed by atoms with van der Waals surface area (Å²) >= 11 is 13.2. The van der Waals surface area contributed by atoms with Crippen molar-refractivity contribution in [2.45, 2.75) is 13.8 Å². The number of amides is 1. The van der Waals surface area contributed by atoms with E-state index in [0.29, 0.717) is 15.2 Å². The summed E-state index contributed by atoms with van der Waals surface area (Å²) in [5.41, 5.74) is 5.14. The third-order valence-electron chi connectivity index (χ3n) is 3.91. The van der Waals surface area contributed by atoms with Gasteiger partial charge in [0.1, 0.15) is 0 Å². The molecule has 3 aromatic rings. The summed E-state index contributed by atoms with van der Waals surface area (Å²) in [5.74, 6) is -0.253. The maximum atomic E-state index is 12.1.